The first-order valence-corrected chi connectivity index (χ1v) is 9.60. The van der Waals surface area contributed by atoms with E-state index in [0.29, 0.717) is 26.0 Å². The van der Waals surface area contributed by atoms with Gasteiger partial charge in [0.1, 0.15) is 5.56 Å². The third kappa shape index (κ3) is 4.97. The molecule has 0 aromatic carbocycles. The van der Waals surface area contributed by atoms with E-state index in [1.165, 1.54) is 0 Å². The number of carboxylic acid groups (broad SMARTS) is 1. The molecule has 1 heterocycles. The van der Waals surface area contributed by atoms with E-state index in [4.69, 9.17) is 4.74 Å². The molecule has 0 saturated heterocycles. The zero-order chi connectivity index (χ0) is 20.0. The average molecular weight is 378 g/mol. The summed E-state index contributed by atoms with van der Waals surface area (Å²) in [6, 6.07) is 1.63. The van der Waals surface area contributed by atoms with Crippen LogP contribution in [0.5, 0.6) is 0 Å². The lowest BCUT2D eigenvalue weighted by Gasteiger charge is -2.29. The maximum absolute atomic E-state index is 13.0. The number of aliphatic carboxylic acids is 1. The standard InChI is InChI=1S/C20H30N2O5/c1-4-7-16-14(2)12-15(19(26)22(16)10-11-27-3)18(25)21-20(13-17(23)24)8-5-6-9-20/h12H,4-11,13H2,1-3H3,(H,21,25)(H,23,24). The highest BCUT2D eigenvalue weighted by atomic mass is 16.5. The van der Waals surface area contributed by atoms with E-state index in [2.05, 4.69) is 5.32 Å². The van der Waals surface area contributed by atoms with Gasteiger partial charge in [-0.15, -0.1) is 0 Å². The van der Waals surface area contributed by atoms with E-state index < -0.39 is 17.4 Å². The van der Waals surface area contributed by atoms with E-state index in [0.717, 1.165) is 36.9 Å². The lowest BCUT2D eigenvalue weighted by atomic mass is 9.92. The number of hydrogen-bond acceptors (Lipinski definition) is 4. The second-order valence-electron chi connectivity index (χ2n) is 7.40. The van der Waals surface area contributed by atoms with Crippen LogP contribution in [0, 0.1) is 6.92 Å². The largest absolute Gasteiger partial charge is 0.481 e. The zero-order valence-electron chi connectivity index (χ0n) is 16.5. The second-order valence-corrected chi connectivity index (χ2v) is 7.40. The number of carbonyl (C=O) groups is 2. The highest BCUT2D eigenvalue weighted by Gasteiger charge is 2.38. The molecular formula is C20H30N2O5. The van der Waals surface area contributed by atoms with Gasteiger partial charge in [0, 0.05) is 19.3 Å². The molecular weight excluding hydrogens is 348 g/mol. The summed E-state index contributed by atoms with van der Waals surface area (Å²) in [7, 11) is 1.57. The molecule has 1 aliphatic rings. The fourth-order valence-corrected chi connectivity index (χ4v) is 3.99. The molecule has 0 aliphatic heterocycles. The molecule has 0 bridgehead atoms. The molecule has 0 atom stereocenters. The lowest BCUT2D eigenvalue weighted by Crippen LogP contribution is -2.49. The summed E-state index contributed by atoms with van der Waals surface area (Å²) in [5.74, 6) is -1.43. The van der Waals surface area contributed by atoms with Crippen LogP contribution in [0.25, 0.3) is 0 Å². The highest BCUT2D eigenvalue weighted by Crippen LogP contribution is 2.33. The van der Waals surface area contributed by atoms with Crippen molar-refractivity contribution in [1.82, 2.24) is 9.88 Å². The van der Waals surface area contributed by atoms with Crippen molar-refractivity contribution < 1.29 is 19.4 Å². The van der Waals surface area contributed by atoms with Crippen molar-refractivity contribution in [3.8, 4) is 0 Å². The van der Waals surface area contributed by atoms with Gasteiger partial charge in [0.25, 0.3) is 11.5 Å². The smallest absolute Gasteiger partial charge is 0.305 e. The molecule has 1 aliphatic carbocycles. The van der Waals surface area contributed by atoms with E-state index >= 15 is 0 Å². The number of amides is 1. The van der Waals surface area contributed by atoms with Crippen LogP contribution in [0.4, 0.5) is 0 Å². The summed E-state index contributed by atoms with van der Waals surface area (Å²) in [6.45, 7) is 4.70. The minimum atomic E-state index is -0.941. The molecule has 2 N–H and O–H groups in total. The van der Waals surface area contributed by atoms with Crippen LogP contribution in [-0.2, 0) is 22.5 Å². The fourth-order valence-electron chi connectivity index (χ4n) is 3.99. The summed E-state index contributed by atoms with van der Waals surface area (Å²) in [5.41, 5.74) is 0.763. The number of methoxy groups -OCH3 is 1. The summed E-state index contributed by atoms with van der Waals surface area (Å²) >= 11 is 0. The Morgan fingerprint density at radius 2 is 2.00 bits per heavy atom. The van der Waals surface area contributed by atoms with Crippen LogP contribution in [0.2, 0.25) is 0 Å². The number of ether oxygens (including phenoxy) is 1. The molecule has 0 unspecified atom stereocenters. The van der Waals surface area contributed by atoms with Gasteiger partial charge in [-0.05, 0) is 37.8 Å². The first-order chi connectivity index (χ1) is 12.8. The number of hydrogen-bond donors (Lipinski definition) is 2. The predicted octanol–water partition coefficient (Wildman–Crippen LogP) is 2.27. The monoisotopic (exact) mass is 378 g/mol. The Morgan fingerprint density at radius 3 is 2.56 bits per heavy atom. The molecule has 1 aromatic rings. The Kier molecular flexibility index (Phi) is 7.18. The Morgan fingerprint density at radius 1 is 1.33 bits per heavy atom. The van der Waals surface area contributed by atoms with Crippen LogP contribution in [0.15, 0.2) is 10.9 Å². The van der Waals surface area contributed by atoms with Crippen molar-refractivity contribution in [3.63, 3.8) is 0 Å². The SMILES string of the molecule is CCCc1c(C)cc(C(=O)NC2(CC(=O)O)CCCC2)c(=O)n1CCOC. The van der Waals surface area contributed by atoms with Crippen LogP contribution in [0.1, 0.15) is 67.1 Å². The molecule has 1 fully saturated rings. The summed E-state index contributed by atoms with van der Waals surface area (Å²) in [5, 5.41) is 12.1. The van der Waals surface area contributed by atoms with Gasteiger partial charge in [-0.3, -0.25) is 14.4 Å². The van der Waals surface area contributed by atoms with Crippen LogP contribution in [0.3, 0.4) is 0 Å². The number of pyridine rings is 1. The van der Waals surface area contributed by atoms with Crippen LogP contribution >= 0.6 is 0 Å². The van der Waals surface area contributed by atoms with Gasteiger partial charge >= 0.3 is 5.97 Å². The topological polar surface area (TPSA) is 97.6 Å². The molecule has 7 heteroatoms. The first-order valence-electron chi connectivity index (χ1n) is 9.60. The van der Waals surface area contributed by atoms with Crippen molar-refractivity contribution in [2.75, 3.05) is 13.7 Å². The van der Waals surface area contributed by atoms with Gasteiger partial charge in [-0.2, -0.15) is 0 Å². The van der Waals surface area contributed by atoms with Gasteiger partial charge in [0.2, 0.25) is 0 Å². The maximum Gasteiger partial charge on any atom is 0.305 e. The summed E-state index contributed by atoms with van der Waals surface area (Å²) in [4.78, 5) is 37.2. The van der Waals surface area contributed by atoms with E-state index in [9.17, 15) is 19.5 Å². The average Bonchev–Trinajstić information content (AvgIpc) is 3.04. The Hall–Kier alpha value is -2.15. The first kappa shape index (κ1) is 21.2. The number of nitrogens with one attached hydrogen (secondary N) is 1. The maximum atomic E-state index is 13.0. The number of carbonyl (C=O) groups excluding carboxylic acids is 1. The van der Waals surface area contributed by atoms with Gasteiger partial charge in [0.15, 0.2) is 0 Å². The van der Waals surface area contributed by atoms with E-state index in [1.54, 1.807) is 17.7 Å². The van der Waals surface area contributed by atoms with Gasteiger partial charge < -0.3 is 19.7 Å². The highest BCUT2D eigenvalue weighted by molar-refractivity contribution is 5.95. The summed E-state index contributed by atoms with van der Waals surface area (Å²) in [6.07, 6.45) is 4.51. The van der Waals surface area contributed by atoms with Gasteiger partial charge in [-0.25, -0.2) is 0 Å². The Balaban J connectivity index is 2.39. The molecule has 7 nitrogen and oxygen atoms in total. The van der Waals surface area contributed by atoms with E-state index in [1.807, 2.05) is 13.8 Å². The van der Waals surface area contributed by atoms with Crippen LogP contribution in [-0.4, -0.2) is 40.8 Å². The second kappa shape index (κ2) is 9.17. The molecule has 1 saturated carbocycles. The number of rotatable bonds is 9. The molecule has 2 rings (SSSR count). The van der Waals surface area contributed by atoms with Gasteiger partial charge in [-0.1, -0.05) is 26.2 Å². The summed E-state index contributed by atoms with van der Waals surface area (Å²) < 4.78 is 6.74. The number of carboxylic acids is 1. The molecule has 0 radical (unpaired) electrons. The Labute approximate surface area is 159 Å². The normalized spacial score (nSPS) is 15.7. The fraction of sp³-hybridized carbons (Fsp3) is 0.650. The quantitative estimate of drug-likeness (QED) is 0.687. The van der Waals surface area contributed by atoms with Crippen molar-refractivity contribution in [1.29, 1.82) is 0 Å². The van der Waals surface area contributed by atoms with Crippen molar-refractivity contribution in [3.05, 3.63) is 33.2 Å². The molecule has 27 heavy (non-hydrogen) atoms. The van der Waals surface area contributed by atoms with Crippen molar-refractivity contribution >= 4 is 11.9 Å². The third-order valence-electron chi connectivity index (χ3n) is 5.30. The number of aromatic nitrogens is 1. The van der Waals surface area contributed by atoms with Crippen LogP contribution < -0.4 is 10.9 Å². The van der Waals surface area contributed by atoms with Crippen molar-refractivity contribution in [2.24, 2.45) is 0 Å². The molecule has 150 valence electrons. The van der Waals surface area contributed by atoms with Gasteiger partial charge in [0.05, 0.1) is 18.6 Å². The predicted molar refractivity (Wildman–Crippen MR) is 102 cm³/mol. The number of aryl methyl sites for hydroxylation is 1. The molecule has 0 spiro atoms. The van der Waals surface area contributed by atoms with E-state index in [-0.39, 0.29) is 17.5 Å². The zero-order valence-corrected chi connectivity index (χ0v) is 16.5. The van der Waals surface area contributed by atoms with Crippen molar-refractivity contribution in [2.45, 2.75) is 70.9 Å². The minimum absolute atomic E-state index is 0.0696. The minimum Gasteiger partial charge on any atom is -0.481 e. The molecule has 1 aromatic heterocycles. The number of nitrogens with zero attached hydrogens (tertiary/aromatic N) is 1. The lowest BCUT2D eigenvalue weighted by molar-refractivity contribution is -0.138. The Bertz CT molecular complexity index is 747. The third-order valence-corrected chi connectivity index (χ3v) is 5.30. The molecule has 1 amide bonds.